The molecule has 0 bridgehead atoms. The first-order valence-electron chi connectivity index (χ1n) is 6.16. The van der Waals surface area contributed by atoms with E-state index in [1.807, 2.05) is 25.7 Å². The number of rotatable bonds is 0. The third-order valence-corrected chi connectivity index (χ3v) is 3.11. The van der Waals surface area contributed by atoms with Crippen LogP contribution in [0.5, 0.6) is 0 Å². The van der Waals surface area contributed by atoms with Gasteiger partial charge in [0, 0.05) is 19.6 Å². The summed E-state index contributed by atoms with van der Waals surface area (Å²) in [5.74, 6) is 0. The Bertz CT molecular complexity index is 301. The van der Waals surface area contributed by atoms with Crippen LogP contribution >= 0.6 is 0 Å². The number of nitrogens with zero attached hydrogens (tertiary/aromatic N) is 2. The van der Waals surface area contributed by atoms with Crippen molar-refractivity contribution in [2.24, 2.45) is 0 Å². The van der Waals surface area contributed by atoms with Crippen LogP contribution in [-0.2, 0) is 9.47 Å². The van der Waals surface area contributed by atoms with Gasteiger partial charge in [0.1, 0.15) is 5.60 Å². The van der Waals surface area contributed by atoms with Crippen molar-refractivity contribution in [3.8, 4) is 0 Å². The monoisotopic (exact) mass is 242 g/mol. The van der Waals surface area contributed by atoms with Crippen molar-refractivity contribution in [1.82, 2.24) is 9.80 Å². The molecule has 0 unspecified atom stereocenters. The summed E-state index contributed by atoms with van der Waals surface area (Å²) in [7, 11) is 2.05. The van der Waals surface area contributed by atoms with Gasteiger partial charge in [-0.3, -0.25) is 4.90 Å². The van der Waals surface area contributed by atoms with Crippen LogP contribution in [0.4, 0.5) is 4.79 Å². The molecule has 2 aliphatic rings. The minimum atomic E-state index is -0.435. The molecule has 2 aliphatic heterocycles. The predicted molar refractivity (Wildman–Crippen MR) is 64.0 cm³/mol. The number of likely N-dealkylation sites (tertiary alicyclic amines) is 1. The van der Waals surface area contributed by atoms with Gasteiger partial charge in [-0.05, 0) is 27.8 Å². The van der Waals surface area contributed by atoms with Gasteiger partial charge in [0.25, 0.3) is 0 Å². The molecule has 5 heteroatoms. The minimum absolute atomic E-state index is 0.140. The largest absolute Gasteiger partial charge is 0.444 e. The second kappa shape index (κ2) is 4.46. The normalized spacial score (nSPS) is 30.2. The molecule has 2 rings (SSSR count). The zero-order valence-corrected chi connectivity index (χ0v) is 11.1. The summed E-state index contributed by atoms with van der Waals surface area (Å²) in [4.78, 5) is 16.1. The van der Waals surface area contributed by atoms with Crippen LogP contribution in [0.3, 0.4) is 0 Å². The fourth-order valence-electron chi connectivity index (χ4n) is 2.42. The molecule has 2 fully saturated rings. The van der Waals surface area contributed by atoms with Crippen LogP contribution in [0.25, 0.3) is 0 Å². The Morgan fingerprint density at radius 2 is 2.06 bits per heavy atom. The smallest absolute Gasteiger partial charge is 0.410 e. The first kappa shape index (κ1) is 12.6. The van der Waals surface area contributed by atoms with Crippen molar-refractivity contribution in [2.45, 2.75) is 38.5 Å². The standard InChI is InChI=1S/C12H22N2O3/c1-12(2,3)17-11(15)14-5-6-16-10-8-13(4)7-9(10)14/h9-10H,5-8H2,1-4H3/t9-,10+/m1/s1. The van der Waals surface area contributed by atoms with Gasteiger partial charge in [-0.15, -0.1) is 0 Å². The summed E-state index contributed by atoms with van der Waals surface area (Å²) < 4.78 is 11.1. The van der Waals surface area contributed by atoms with E-state index in [0.29, 0.717) is 13.2 Å². The summed E-state index contributed by atoms with van der Waals surface area (Å²) in [6.07, 6.45) is -0.0765. The highest BCUT2D eigenvalue weighted by Crippen LogP contribution is 2.23. The van der Waals surface area contributed by atoms with Crippen LogP contribution in [-0.4, -0.2) is 66.9 Å². The fraction of sp³-hybridized carbons (Fsp3) is 0.917. The van der Waals surface area contributed by atoms with E-state index in [-0.39, 0.29) is 18.2 Å². The number of hydrogen-bond donors (Lipinski definition) is 0. The van der Waals surface area contributed by atoms with E-state index in [0.717, 1.165) is 13.1 Å². The number of hydrogen-bond acceptors (Lipinski definition) is 4. The van der Waals surface area contributed by atoms with E-state index in [9.17, 15) is 4.79 Å². The Morgan fingerprint density at radius 3 is 2.71 bits per heavy atom. The van der Waals surface area contributed by atoms with Crippen LogP contribution < -0.4 is 0 Å². The molecule has 17 heavy (non-hydrogen) atoms. The maximum absolute atomic E-state index is 12.1. The third kappa shape index (κ3) is 2.90. The zero-order chi connectivity index (χ0) is 12.6. The lowest BCUT2D eigenvalue weighted by Crippen LogP contribution is -2.54. The quantitative estimate of drug-likeness (QED) is 0.634. The molecular formula is C12H22N2O3. The van der Waals surface area contributed by atoms with Gasteiger partial charge in [0.15, 0.2) is 0 Å². The van der Waals surface area contributed by atoms with Gasteiger partial charge in [-0.2, -0.15) is 0 Å². The number of morpholine rings is 1. The summed E-state index contributed by atoms with van der Waals surface area (Å²) in [5.41, 5.74) is -0.435. The van der Waals surface area contributed by atoms with Crippen molar-refractivity contribution in [3.05, 3.63) is 0 Å². The number of fused-ring (bicyclic) bond motifs is 1. The molecule has 1 amide bonds. The molecule has 2 saturated heterocycles. The van der Waals surface area contributed by atoms with Gasteiger partial charge >= 0.3 is 6.09 Å². The van der Waals surface area contributed by atoms with Crippen molar-refractivity contribution < 1.29 is 14.3 Å². The third-order valence-electron chi connectivity index (χ3n) is 3.11. The number of amides is 1. The minimum Gasteiger partial charge on any atom is -0.444 e. The molecule has 0 aliphatic carbocycles. The lowest BCUT2D eigenvalue weighted by molar-refractivity contribution is -0.0569. The number of carbonyl (C=O) groups excluding carboxylic acids is 1. The Kier molecular flexibility index (Phi) is 3.32. The molecule has 0 aromatic heterocycles. The summed E-state index contributed by atoms with van der Waals surface area (Å²) in [6, 6.07) is 0.142. The maximum Gasteiger partial charge on any atom is 0.410 e. The van der Waals surface area contributed by atoms with Crippen LogP contribution in [0, 0.1) is 0 Å². The predicted octanol–water partition coefficient (Wildman–Crippen LogP) is 0.936. The lowest BCUT2D eigenvalue weighted by atomic mass is 10.1. The Balaban J connectivity index is 2.02. The fourth-order valence-corrected chi connectivity index (χ4v) is 2.42. The molecule has 2 heterocycles. The van der Waals surface area contributed by atoms with Crippen molar-refractivity contribution in [1.29, 1.82) is 0 Å². The summed E-state index contributed by atoms with van der Waals surface area (Å²) in [5, 5.41) is 0. The number of carbonyl (C=O) groups is 1. The first-order valence-corrected chi connectivity index (χ1v) is 6.16. The molecular weight excluding hydrogens is 220 g/mol. The molecule has 0 spiro atoms. The van der Waals surface area contributed by atoms with E-state index in [1.165, 1.54) is 0 Å². The SMILES string of the molecule is CN1C[C@@H]2OCCN(C(=O)OC(C)(C)C)[C@@H]2C1. The molecule has 5 nitrogen and oxygen atoms in total. The van der Waals surface area contributed by atoms with Gasteiger partial charge in [0.05, 0.1) is 18.8 Å². The summed E-state index contributed by atoms with van der Waals surface area (Å²) >= 11 is 0. The zero-order valence-electron chi connectivity index (χ0n) is 11.1. The number of ether oxygens (including phenoxy) is 2. The van der Waals surface area contributed by atoms with E-state index in [4.69, 9.17) is 9.47 Å². The second-order valence-electron chi connectivity index (χ2n) is 5.87. The van der Waals surface area contributed by atoms with E-state index in [2.05, 4.69) is 11.9 Å². The molecule has 0 N–H and O–H groups in total. The average Bonchev–Trinajstić information content (AvgIpc) is 2.54. The van der Waals surface area contributed by atoms with Gasteiger partial charge in [-0.1, -0.05) is 0 Å². The number of likely N-dealkylation sites (N-methyl/N-ethyl adjacent to an activating group) is 1. The maximum atomic E-state index is 12.1. The Hall–Kier alpha value is -0.810. The molecule has 0 saturated carbocycles. The summed E-state index contributed by atoms with van der Waals surface area (Å²) in [6.45, 7) is 8.67. The van der Waals surface area contributed by atoms with Crippen LogP contribution in [0.15, 0.2) is 0 Å². The Labute approximate surface area is 103 Å². The molecule has 0 aromatic carbocycles. The molecule has 0 radical (unpaired) electrons. The molecule has 98 valence electrons. The van der Waals surface area contributed by atoms with Crippen molar-refractivity contribution in [2.75, 3.05) is 33.3 Å². The second-order valence-corrected chi connectivity index (χ2v) is 5.87. The van der Waals surface area contributed by atoms with Gasteiger partial charge in [-0.25, -0.2) is 4.79 Å². The highest BCUT2D eigenvalue weighted by Gasteiger charge is 2.42. The van der Waals surface area contributed by atoms with Crippen LogP contribution in [0.2, 0.25) is 0 Å². The van der Waals surface area contributed by atoms with Gasteiger partial charge < -0.3 is 14.4 Å². The molecule has 0 aromatic rings. The Morgan fingerprint density at radius 1 is 1.35 bits per heavy atom. The first-order chi connectivity index (χ1) is 7.87. The van der Waals surface area contributed by atoms with Crippen molar-refractivity contribution >= 4 is 6.09 Å². The van der Waals surface area contributed by atoms with Gasteiger partial charge in [0.2, 0.25) is 0 Å². The highest BCUT2D eigenvalue weighted by molar-refractivity contribution is 5.69. The molecule has 2 atom stereocenters. The average molecular weight is 242 g/mol. The topological polar surface area (TPSA) is 42.0 Å². The lowest BCUT2D eigenvalue weighted by Gasteiger charge is -2.37. The highest BCUT2D eigenvalue weighted by atomic mass is 16.6. The van der Waals surface area contributed by atoms with E-state index < -0.39 is 5.60 Å². The van der Waals surface area contributed by atoms with Crippen LogP contribution in [0.1, 0.15) is 20.8 Å². The van der Waals surface area contributed by atoms with E-state index >= 15 is 0 Å². The van der Waals surface area contributed by atoms with Crippen molar-refractivity contribution in [3.63, 3.8) is 0 Å². The van der Waals surface area contributed by atoms with E-state index in [1.54, 1.807) is 0 Å².